The van der Waals surface area contributed by atoms with E-state index in [0.29, 0.717) is 0 Å². The van der Waals surface area contributed by atoms with Gasteiger partial charge in [0.2, 0.25) is 5.91 Å². The van der Waals surface area contributed by atoms with Gasteiger partial charge in [-0.05, 0) is 50.3 Å². The highest BCUT2D eigenvalue weighted by Crippen LogP contribution is 2.29. The minimum atomic E-state index is 0.0271. The molecule has 7 heteroatoms. The number of aryl methyl sites for hydroxylation is 3. The molecule has 1 N–H and O–H groups in total. The molecule has 1 aromatic carbocycles. The number of amides is 1. The van der Waals surface area contributed by atoms with Crippen LogP contribution in [-0.4, -0.2) is 38.5 Å². The van der Waals surface area contributed by atoms with E-state index in [0.717, 1.165) is 73.0 Å². The normalized spacial score (nSPS) is 17.3. The number of carbonyl (C=O) groups excluding carboxylic acids is 1. The van der Waals surface area contributed by atoms with Crippen molar-refractivity contribution in [2.45, 2.75) is 45.6 Å². The van der Waals surface area contributed by atoms with Crippen LogP contribution in [0, 0.1) is 12.8 Å². The smallest absolute Gasteiger partial charge is 0.227 e. The van der Waals surface area contributed by atoms with E-state index in [1.165, 1.54) is 12.8 Å². The summed E-state index contributed by atoms with van der Waals surface area (Å²) in [6, 6.07) is 7.95. The van der Waals surface area contributed by atoms with Crippen molar-refractivity contribution in [2.24, 2.45) is 5.92 Å². The first-order chi connectivity index (χ1) is 14.2. The molecule has 3 aromatic rings. The van der Waals surface area contributed by atoms with Crippen molar-refractivity contribution in [1.29, 1.82) is 0 Å². The van der Waals surface area contributed by atoms with Gasteiger partial charge in [-0.25, -0.2) is 15.0 Å². The Morgan fingerprint density at radius 3 is 2.83 bits per heavy atom. The fourth-order valence-electron chi connectivity index (χ4n) is 4.50. The first-order valence-corrected chi connectivity index (χ1v) is 10.5. The highest BCUT2D eigenvalue weighted by atomic mass is 16.1. The molecule has 0 radical (unpaired) electrons. The minimum Gasteiger partial charge on any atom is -0.355 e. The molecule has 1 saturated heterocycles. The van der Waals surface area contributed by atoms with E-state index >= 15 is 0 Å². The summed E-state index contributed by atoms with van der Waals surface area (Å²) in [6.45, 7) is 4.63. The van der Waals surface area contributed by atoms with Gasteiger partial charge in [0.05, 0.1) is 0 Å². The maximum absolute atomic E-state index is 12.7. The molecule has 0 bridgehead atoms. The average molecular weight is 390 g/mol. The molecule has 0 aliphatic carbocycles. The third-order valence-electron chi connectivity index (χ3n) is 6.07. The van der Waals surface area contributed by atoms with Gasteiger partial charge in [-0.3, -0.25) is 4.79 Å². The number of nitrogens with one attached hydrogen (secondary N) is 1. The van der Waals surface area contributed by atoms with Crippen LogP contribution in [0.2, 0.25) is 0 Å². The number of rotatable bonds is 3. The molecule has 0 spiro atoms. The van der Waals surface area contributed by atoms with Gasteiger partial charge in [0.1, 0.15) is 12.2 Å². The SMILES string of the molecule is Cc1cccc(NC(=O)C2CCN(c3ncnc4c3nc3n4CCCC3)CC2)c1. The Hall–Kier alpha value is -2.96. The zero-order valence-corrected chi connectivity index (χ0v) is 16.8. The highest BCUT2D eigenvalue weighted by Gasteiger charge is 2.28. The van der Waals surface area contributed by atoms with Crippen LogP contribution >= 0.6 is 0 Å². The first-order valence-electron chi connectivity index (χ1n) is 10.5. The number of piperidine rings is 1. The highest BCUT2D eigenvalue weighted by molar-refractivity contribution is 5.93. The molecule has 0 unspecified atom stereocenters. The van der Waals surface area contributed by atoms with Crippen LogP contribution in [0.15, 0.2) is 30.6 Å². The molecule has 0 atom stereocenters. The van der Waals surface area contributed by atoms with Crippen molar-refractivity contribution in [3.63, 3.8) is 0 Å². The van der Waals surface area contributed by atoms with E-state index in [-0.39, 0.29) is 11.8 Å². The number of benzene rings is 1. The fourth-order valence-corrected chi connectivity index (χ4v) is 4.50. The average Bonchev–Trinajstić information content (AvgIpc) is 3.13. The van der Waals surface area contributed by atoms with Crippen LogP contribution in [0.5, 0.6) is 0 Å². The molecule has 0 saturated carbocycles. The third kappa shape index (κ3) is 3.45. The fraction of sp³-hybridized carbons (Fsp3) is 0.455. The number of hydrogen-bond acceptors (Lipinski definition) is 5. The summed E-state index contributed by atoms with van der Waals surface area (Å²) < 4.78 is 2.24. The van der Waals surface area contributed by atoms with Crippen LogP contribution in [-0.2, 0) is 17.8 Å². The van der Waals surface area contributed by atoms with E-state index in [9.17, 15) is 4.79 Å². The number of aromatic nitrogens is 4. The van der Waals surface area contributed by atoms with E-state index in [1.807, 2.05) is 31.2 Å². The summed E-state index contributed by atoms with van der Waals surface area (Å²) in [5.41, 5.74) is 3.88. The Balaban J connectivity index is 1.29. The summed E-state index contributed by atoms with van der Waals surface area (Å²) in [7, 11) is 0. The topological polar surface area (TPSA) is 75.9 Å². The molecular weight excluding hydrogens is 364 g/mol. The van der Waals surface area contributed by atoms with Crippen LogP contribution in [0.4, 0.5) is 11.5 Å². The van der Waals surface area contributed by atoms with Crippen molar-refractivity contribution in [3.8, 4) is 0 Å². The van der Waals surface area contributed by atoms with E-state index in [4.69, 9.17) is 4.98 Å². The molecule has 1 amide bonds. The molecule has 2 aliphatic heterocycles. The molecule has 7 nitrogen and oxygen atoms in total. The first kappa shape index (κ1) is 18.1. The Morgan fingerprint density at radius 2 is 2.00 bits per heavy atom. The lowest BCUT2D eigenvalue weighted by Crippen LogP contribution is -2.38. The lowest BCUT2D eigenvalue weighted by atomic mass is 9.95. The van der Waals surface area contributed by atoms with Crippen LogP contribution in [0.25, 0.3) is 11.2 Å². The number of imidazole rings is 1. The molecule has 29 heavy (non-hydrogen) atoms. The second kappa shape index (κ2) is 7.46. The maximum atomic E-state index is 12.7. The molecule has 150 valence electrons. The van der Waals surface area contributed by atoms with Crippen LogP contribution in [0.1, 0.15) is 37.1 Å². The van der Waals surface area contributed by atoms with Crippen LogP contribution in [0.3, 0.4) is 0 Å². The molecular formula is C22H26N6O. The second-order valence-electron chi connectivity index (χ2n) is 8.13. The largest absolute Gasteiger partial charge is 0.355 e. The molecule has 2 aliphatic rings. The van der Waals surface area contributed by atoms with Crippen molar-refractivity contribution in [3.05, 3.63) is 42.0 Å². The van der Waals surface area contributed by atoms with Gasteiger partial charge in [0.15, 0.2) is 17.0 Å². The zero-order valence-electron chi connectivity index (χ0n) is 16.8. The predicted octanol–water partition coefficient (Wildman–Crippen LogP) is 3.33. The summed E-state index contributed by atoms with van der Waals surface area (Å²) in [5.74, 6) is 2.18. The maximum Gasteiger partial charge on any atom is 0.227 e. The Morgan fingerprint density at radius 1 is 1.14 bits per heavy atom. The van der Waals surface area contributed by atoms with Gasteiger partial charge >= 0.3 is 0 Å². The van der Waals surface area contributed by atoms with Gasteiger partial charge in [-0.15, -0.1) is 0 Å². The zero-order chi connectivity index (χ0) is 19.8. The van der Waals surface area contributed by atoms with Crippen molar-refractivity contribution in [2.75, 3.05) is 23.3 Å². The minimum absolute atomic E-state index is 0.0271. The van der Waals surface area contributed by atoms with Gasteiger partial charge < -0.3 is 14.8 Å². The standard InChI is InChI=1S/C22H26N6O/c1-15-5-4-6-17(13-15)25-22(29)16-8-11-27(12-9-16)20-19-21(24-14-23-20)28-10-3-2-7-18(28)26-19/h4-6,13-14,16H,2-3,7-12H2,1H3,(H,25,29). The molecule has 5 rings (SSSR count). The monoisotopic (exact) mass is 390 g/mol. The van der Waals surface area contributed by atoms with Gasteiger partial charge in [0, 0.05) is 37.7 Å². The summed E-state index contributed by atoms with van der Waals surface area (Å²) in [5, 5.41) is 3.07. The Labute approximate surface area is 170 Å². The Bertz CT molecular complexity index is 1050. The van der Waals surface area contributed by atoms with Crippen LogP contribution < -0.4 is 10.2 Å². The summed E-state index contributed by atoms with van der Waals surface area (Å²) in [6.07, 6.45) is 6.66. The summed E-state index contributed by atoms with van der Waals surface area (Å²) >= 11 is 0. The van der Waals surface area contributed by atoms with E-state index in [2.05, 4.69) is 24.8 Å². The second-order valence-corrected chi connectivity index (χ2v) is 8.13. The van der Waals surface area contributed by atoms with Crippen molar-refractivity contribution < 1.29 is 4.79 Å². The van der Waals surface area contributed by atoms with Gasteiger partial charge in [0.25, 0.3) is 0 Å². The van der Waals surface area contributed by atoms with E-state index < -0.39 is 0 Å². The summed E-state index contributed by atoms with van der Waals surface area (Å²) in [4.78, 5) is 28.9. The number of anilines is 2. The molecule has 1 fully saturated rings. The number of nitrogens with zero attached hydrogens (tertiary/aromatic N) is 5. The van der Waals surface area contributed by atoms with Gasteiger partial charge in [-0.2, -0.15) is 0 Å². The van der Waals surface area contributed by atoms with Gasteiger partial charge in [-0.1, -0.05) is 12.1 Å². The number of hydrogen-bond donors (Lipinski definition) is 1. The van der Waals surface area contributed by atoms with E-state index in [1.54, 1.807) is 6.33 Å². The third-order valence-corrected chi connectivity index (χ3v) is 6.07. The molecule has 4 heterocycles. The Kier molecular flexibility index (Phi) is 4.66. The quantitative estimate of drug-likeness (QED) is 0.742. The predicted molar refractivity (Wildman–Crippen MR) is 113 cm³/mol. The lowest BCUT2D eigenvalue weighted by molar-refractivity contribution is -0.120. The number of carbonyl (C=O) groups is 1. The lowest BCUT2D eigenvalue weighted by Gasteiger charge is -2.32. The van der Waals surface area contributed by atoms with Crippen molar-refractivity contribution in [1.82, 2.24) is 19.5 Å². The van der Waals surface area contributed by atoms with Crippen molar-refractivity contribution >= 4 is 28.6 Å². The molecule has 2 aromatic heterocycles. The number of fused-ring (bicyclic) bond motifs is 3.